The normalized spacial score (nSPS) is 13.6. The lowest BCUT2D eigenvalue weighted by Gasteiger charge is -2.18. The summed E-state index contributed by atoms with van der Waals surface area (Å²) in [6.45, 7) is 5.44. The van der Waals surface area contributed by atoms with Gasteiger partial charge < -0.3 is 9.47 Å². The Hall–Kier alpha value is -2.38. The fourth-order valence-corrected chi connectivity index (χ4v) is 3.62. The molecule has 0 saturated heterocycles. The molecule has 0 N–H and O–H groups in total. The molecule has 0 amide bonds. The lowest BCUT2D eigenvalue weighted by Crippen LogP contribution is -2.25. The van der Waals surface area contributed by atoms with E-state index in [4.69, 9.17) is 8.92 Å². The number of methoxy groups -OCH3 is 1. The molecule has 2 rings (SSSR count). The molecule has 0 radical (unpaired) electrons. The van der Waals surface area contributed by atoms with Gasteiger partial charge in [0.15, 0.2) is 6.10 Å². The fourth-order valence-electron chi connectivity index (χ4n) is 2.61. The summed E-state index contributed by atoms with van der Waals surface area (Å²) in [7, 11) is -2.49. The van der Waals surface area contributed by atoms with Gasteiger partial charge in [-0.25, -0.2) is 4.79 Å². The van der Waals surface area contributed by atoms with Crippen molar-refractivity contribution in [2.24, 2.45) is 5.92 Å². The van der Waals surface area contributed by atoms with Crippen LogP contribution in [-0.4, -0.2) is 34.2 Å². The second kappa shape index (κ2) is 9.71. The van der Waals surface area contributed by atoms with E-state index in [0.29, 0.717) is 12.2 Å². The van der Waals surface area contributed by atoms with Gasteiger partial charge in [-0.1, -0.05) is 42.8 Å². The van der Waals surface area contributed by atoms with Gasteiger partial charge in [0.25, 0.3) is 10.1 Å². The number of benzene rings is 2. The monoisotopic (exact) mass is 406 g/mol. The molecular formula is C21H26O6S. The second-order valence-corrected chi connectivity index (χ2v) is 8.37. The summed E-state index contributed by atoms with van der Waals surface area (Å²) < 4.78 is 40.2. The number of carbonyl (C=O) groups is 1. The predicted molar refractivity (Wildman–Crippen MR) is 106 cm³/mol. The Balaban J connectivity index is 2.00. The largest absolute Gasteiger partial charge is 0.479 e. The summed E-state index contributed by atoms with van der Waals surface area (Å²) >= 11 is 0. The molecule has 0 unspecified atom stereocenters. The highest BCUT2D eigenvalue weighted by Crippen LogP contribution is 2.24. The third-order valence-corrected chi connectivity index (χ3v) is 5.49. The first-order valence-corrected chi connectivity index (χ1v) is 10.4. The summed E-state index contributed by atoms with van der Waals surface area (Å²) in [5.74, 6) is 0.0161. The number of hydrogen-bond acceptors (Lipinski definition) is 6. The minimum atomic E-state index is -3.80. The van der Waals surface area contributed by atoms with Crippen molar-refractivity contribution in [1.82, 2.24) is 0 Å². The van der Waals surface area contributed by atoms with Crippen LogP contribution in [0.25, 0.3) is 0 Å². The minimum absolute atomic E-state index is 0.0388. The first-order valence-electron chi connectivity index (χ1n) is 9.01. The van der Waals surface area contributed by atoms with Crippen LogP contribution in [-0.2, 0) is 30.3 Å². The van der Waals surface area contributed by atoms with Crippen molar-refractivity contribution in [3.63, 3.8) is 0 Å². The molecule has 0 fully saturated rings. The first kappa shape index (κ1) is 21.9. The van der Waals surface area contributed by atoms with Crippen molar-refractivity contribution in [1.29, 1.82) is 0 Å². The van der Waals surface area contributed by atoms with Gasteiger partial charge in [0.1, 0.15) is 5.75 Å². The Morgan fingerprint density at radius 3 is 2.32 bits per heavy atom. The van der Waals surface area contributed by atoms with Crippen LogP contribution in [0.5, 0.6) is 5.75 Å². The number of carbonyl (C=O) groups excluding carboxylic acids is 1. The molecule has 0 aliphatic heterocycles. The molecular weight excluding hydrogens is 380 g/mol. The zero-order chi connectivity index (χ0) is 20.7. The number of rotatable bonds is 9. The Labute approximate surface area is 166 Å². The van der Waals surface area contributed by atoms with E-state index in [9.17, 15) is 13.2 Å². The van der Waals surface area contributed by atoms with Crippen LogP contribution in [0.2, 0.25) is 0 Å². The Bertz CT molecular complexity index is 889. The van der Waals surface area contributed by atoms with Gasteiger partial charge in [0, 0.05) is 0 Å². The molecule has 2 aromatic rings. The van der Waals surface area contributed by atoms with E-state index >= 15 is 0 Å². The van der Waals surface area contributed by atoms with Crippen LogP contribution in [0.4, 0.5) is 0 Å². The van der Waals surface area contributed by atoms with Gasteiger partial charge in [-0.15, -0.1) is 0 Å². The molecule has 0 aliphatic carbocycles. The third kappa shape index (κ3) is 6.07. The highest BCUT2D eigenvalue weighted by atomic mass is 32.2. The number of ether oxygens (including phenoxy) is 2. The first-order chi connectivity index (χ1) is 13.2. The van der Waals surface area contributed by atoms with Crippen molar-refractivity contribution >= 4 is 16.1 Å². The van der Waals surface area contributed by atoms with Crippen LogP contribution in [0.3, 0.4) is 0 Å². The fraction of sp³-hybridized carbons (Fsp3) is 0.381. The van der Waals surface area contributed by atoms with E-state index in [1.807, 2.05) is 32.0 Å². The molecule has 2 aromatic carbocycles. The van der Waals surface area contributed by atoms with Gasteiger partial charge in [0.05, 0.1) is 18.6 Å². The molecule has 0 saturated carbocycles. The summed E-state index contributed by atoms with van der Waals surface area (Å²) in [4.78, 5) is 11.7. The molecule has 0 heterocycles. The van der Waals surface area contributed by atoms with Gasteiger partial charge in [0.2, 0.25) is 0 Å². The summed E-state index contributed by atoms with van der Waals surface area (Å²) in [5.41, 5.74) is 1.84. The molecule has 0 spiro atoms. The average Bonchev–Trinajstić information content (AvgIpc) is 2.67. The highest BCUT2D eigenvalue weighted by Gasteiger charge is 2.19. The van der Waals surface area contributed by atoms with Crippen LogP contribution in [0.1, 0.15) is 25.0 Å². The lowest BCUT2D eigenvalue weighted by molar-refractivity contribution is -0.147. The van der Waals surface area contributed by atoms with E-state index in [2.05, 4.69) is 4.74 Å². The standard InChI is InChI=1S/C21H26O6S/c1-15-9-11-19(12-10-15)28(23,24)26-14-16(2)13-18-7-5-6-8-20(18)27-17(3)21(22)25-4/h5-12,16-17H,13-14H2,1-4H3/t16-,17+/m0/s1. The van der Waals surface area contributed by atoms with Crippen LogP contribution in [0.15, 0.2) is 53.4 Å². The molecule has 152 valence electrons. The molecule has 0 bridgehead atoms. The maximum atomic E-state index is 12.3. The van der Waals surface area contributed by atoms with Crippen molar-refractivity contribution in [2.75, 3.05) is 13.7 Å². The van der Waals surface area contributed by atoms with E-state index in [-0.39, 0.29) is 17.4 Å². The topological polar surface area (TPSA) is 78.9 Å². The Kier molecular flexibility index (Phi) is 7.60. The second-order valence-electron chi connectivity index (χ2n) is 6.75. The maximum absolute atomic E-state index is 12.3. The van der Waals surface area contributed by atoms with Crippen molar-refractivity contribution in [2.45, 2.75) is 38.2 Å². The number of hydrogen-bond donors (Lipinski definition) is 0. The van der Waals surface area contributed by atoms with Gasteiger partial charge in [-0.05, 0) is 49.9 Å². The van der Waals surface area contributed by atoms with E-state index < -0.39 is 22.2 Å². The summed E-state index contributed by atoms with van der Waals surface area (Å²) in [5, 5.41) is 0. The third-order valence-electron chi connectivity index (χ3n) is 4.20. The molecule has 0 aromatic heterocycles. The van der Waals surface area contributed by atoms with Gasteiger partial charge in [-0.3, -0.25) is 4.18 Å². The Morgan fingerprint density at radius 2 is 1.68 bits per heavy atom. The SMILES string of the molecule is COC(=O)[C@@H](C)Oc1ccccc1C[C@H](C)COS(=O)(=O)c1ccc(C)cc1. The molecule has 28 heavy (non-hydrogen) atoms. The maximum Gasteiger partial charge on any atom is 0.346 e. The zero-order valence-electron chi connectivity index (χ0n) is 16.5. The van der Waals surface area contributed by atoms with Crippen molar-refractivity contribution < 1.29 is 26.9 Å². The Morgan fingerprint density at radius 1 is 1.04 bits per heavy atom. The summed E-state index contributed by atoms with van der Waals surface area (Å²) in [6, 6.07) is 13.9. The van der Waals surface area contributed by atoms with Crippen molar-refractivity contribution in [3.8, 4) is 5.75 Å². The van der Waals surface area contributed by atoms with Crippen LogP contribution >= 0.6 is 0 Å². The van der Waals surface area contributed by atoms with Crippen LogP contribution < -0.4 is 4.74 Å². The minimum Gasteiger partial charge on any atom is -0.479 e. The smallest absolute Gasteiger partial charge is 0.346 e. The zero-order valence-corrected chi connectivity index (χ0v) is 17.4. The molecule has 0 aliphatic rings. The quantitative estimate of drug-likeness (QED) is 0.468. The van der Waals surface area contributed by atoms with Crippen molar-refractivity contribution in [3.05, 3.63) is 59.7 Å². The highest BCUT2D eigenvalue weighted by molar-refractivity contribution is 7.86. The predicted octanol–water partition coefficient (Wildman–Crippen LogP) is 3.52. The number of aryl methyl sites for hydroxylation is 1. The van der Waals surface area contributed by atoms with E-state index in [1.165, 1.54) is 19.2 Å². The molecule has 2 atom stereocenters. The molecule has 7 heteroatoms. The number of esters is 1. The molecule has 6 nitrogen and oxygen atoms in total. The van der Waals surface area contributed by atoms with Gasteiger partial charge in [-0.2, -0.15) is 8.42 Å². The lowest BCUT2D eigenvalue weighted by atomic mass is 10.0. The van der Waals surface area contributed by atoms with Gasteiger partial charge >= 0.3 is 5.97 Å². The van der Waals surface area contributed by atoms with Crippen LogP contribution in [0, 0.1) is 12.8 Å². The average molecular weight is 407 g/mol. The summed E-state index contributed by atoms with van der Waals surface area (Å²) in [6.07, 6.45) is -0.201. The van der Waals surface area contributed by atoms with E-state index in [0.717, 1.165) is 11.1 Å². The number of para-hydroxylation sites is 1. The van der Waals surface area contributed by atoms with E-state index in [1.54, 1.807) is 25.1 Å².